The van der Waals surface area contributed by atoms with Crippen LogP contribution in [-0.4, -0.2) is 49.6 Å². The molecular weight excluding hydrogens is 1150 g/mol. The fraction of sp³-hybridized carbons (Fsp3) is 0.0238. The Morgan fingerprint density at radius 1 is 0.255 bits per heavy atom. The first-order valence-corrected chi connectivity index (χ1v) is 31.8. The van der Waals surface area contributed by atoms with Crippen LogP contribution < -0.4 is 4.90 Å². The van der Waals surface area contributed by atoms with Gasteiger partial charge in [0.05, 0.1) is 44.8 Å². The Morgan fingerprint density at radius 3 is 1.33 bits per heavy atom. The highest BCUT2D eigenvalue weighted by atomic mass is 15.2. The third kappa shape index (κ3) is 8.57. The molecule has 0 saturated heterocycles. The van der Waals surface area contributed by atoms with Gasteiger partial charge >= 0.3 is 0 Å². The van der Waals surface area contributed by atoms with Crippen LogP contribution in [0.4, 0.5) is 11.4 Å². The Bertz CT molecular complexity index is 5930. The van der Waals surface area contributed by atoms with Gasteiger partial charge in [-0.2, -0.15) is 9.97 Å². The van der Waals surface area contributed by atoms with Crippen molar-refractivity contribution in [3.05, 3.63) is 321 Å². The van der Waals surface area contributed by atoms with E-state index < -0.39 is 0 Å². The largest absolute Gasteiger partial charge is 0.332 e. The number of aromatic nitrogens is 9. The Morgan fingerprint density at radius 2 is 0.691 bits per heavy atom. The average Bonchev–Trinajstić information content (AvgIpc) is 1.56. The number of fused-ring (bicyclic) bond motifs is 13. The van der Waals surface area contributed by atoms with Crippen LogP contribution in [0.2, 0.25) is 0 Å². The lowest BCUT2D eigenvalue weighted by Crippen LogP contribution is -2.28. The maximum Gasteiger partial charge on any atom is 0.238 e. The molecule has 2 atom stereocenters. The number of anilines is 2. The van der Waals surface area contributed by atoms with Gasteiger partial charge in [-0.3, -0.25) is 4.57 Å². The average molecular weight is 1200 g/mol. The van der Waals surface area contributed by atoms with Gasteiger partial charge in [-0.15, -0.1) is 0 Å². The Labute approximate surface area is 540 Å². The standard InChI is InChI=1S/C84H54N10/c1-5-23-54(24-6-1)79-85-80(87-82(86-79)59-29-22-34-62(50-59)93-73-41-19-14-36-64(73)68-48-47-67-63-35-13-18-40-72(63)92(77(67)78(68)93)61-32-11-4-12-33-61)56-45-43-53(44-46-56)57-27-21-28-58(49-57)83-88-81(55-25-7-2-8-26-55)89-84(90-83)94-74-42-20-16-38-66(74)70-51-75-69(52-76(70)94)65-37-15-17-39-71(65)91(75)60-30-9-3-10-31-60/h1-52,63,72H. The highest BCUT2D eigenvalue weighted by Crippen LogP contribution is 2.53. The summed E-state index contributed by atoms with van der Waals surface area (Å²) in [7, 11) is 0. The molecule has 94 heavy (non-hydrogen) atoms. The van der Waals surface area contributed by atoms with Crippen LogP contribution in [-0.2, 0) is 0 Å². The van der Waals surface area contributed by atoms with Gasteiger partial charge in [0.1, 0.15) is 0 Å². The molecule has 2 aliphatic rings. The van der Waals surface area contributed by atoms with Crippen molar-refractivity contribution >= 4 is 76.8 Å². The number of para-hydroxylation sites is 5. The molecule has 0 saturated carbocycles. The molecule has 0 N–H and O–H groups in total. The van der Waals surface area contributed by atoms with E-state index in [1.165, 1.54) is 32.9 Å². The summed E-state index contributed by atoms with van der Waals surface area (Å²) in [5.74, 6) is 3.64. The van der Waals surface area contributed by atoms with E-state index in [1.807, 2.05) is 36.4 Å². The van der Waals surface area contributed by atoms with E-state index in [1.54, 1.807) is 0 Å². The van der Waals surface area contributed by atoms with E-state index in [4.69, 9.17) is 29.9 Å². The topological polar surface area (TPSA) is 95.4 Å². The molecule has 17 aromatic rings. The van der Waals surface area contributed by atoms with Crippen molar-refractivity contribution in [1.82, 2.24) is 43.6 Å². The van der Waals surface area contributed by atoms with Gasteiger partial charge in [0, 0.05) is 83.1 Å². The van der Waals surface area contributed by atoms with Crippen LogP contribution in [0.5, 0.6) is 0 Å². The number of allylic oxidation sites excluding steroid dienone is 2. The summed E-state index contributed by atoms with van der Waals surface area (Å²) >= 11 is 0. The molecule has 0 bridgehead atoms. The third-order valence-electron chi connectivity index (χ3n) is 18.8. The first kappa shape index (κ1) is 53.2. The van der Waals surface area contributed by atoms with Gasteiger partial charge in [0.15, 0.2) is 29.1 Å². The maximum atomic E-state index is 5.42. The summed E-state index contributed by atoms with van der Waals surface area (Å²) in [6.07, 6.45) is 9.07. The van der Waals surface area contributed by atoms with Gasteiger partial charge in [-0.1, -0.05) is 243 Å². The second-order valence-electron chi connectivity index (χ2n) is 24.2. The van der Waals surface area contributed by atoms with Crippen molar-refractivity contribution < 1.29 is 0 Å². The van der Waals surface area contributed by atoms with Crippen molar-refractivity contribution in [2.24, 2.45) is 0 Å². The number of hydrogen-bond donors (Lipinski definition) is 0. The second kappa shape index (κ2) is 21.5. The summed E-state index contributed by atoms with van der Waals surface area (Å²) in [4.78, 5) is 34.3. The lowest BCUT2D eigenvalue weighted by atomic mass is 9.91. The van der Waals surface area contributed by atoms with E-state index >= 15 is 0 Å². The fourth-order valence-corrected chi connectivity index (χ4v) is 14.6. The monoisotopic (exact) mass is 1200 g/mol. The smallest absolute Gasteiger partial charge is 0.238 e. The number of hydrogen-bond acceptors (Lipinski definition) is 7. The van der Waals surface area contributed by atoms with E-state index in [0.717, 1.165) is 99.7 Å². The predicted octanol–water partition coefficient (Wildman–Crippen LogP) is 20.1. The van der Waals surface area contributed by atoms with E-state index in [2.05, 4.69) is 298 Å². The van der Waals surface area contributed by atoms with Gasteiger partial charge in [-0.05, 0) is 89.5 Å². The summed E-state index contributed by atoms with van der Waals surface area (Å²) in [5.41, 5.74) is 18.8. The molecule has 0 radical (unpaired) electrons. The van der Waals surface area contributed by atoms with Crippen molar-refractivity contribution in [2.75, 3.05) is 4.90 Å². The summed E-state index contributed by atoms with van der Waals surface area (Å²) in [5, 5.41) is 6.94. The zero-order valence-electron chi connectivity index (χ0n) is 50.6. The molecule has 10 heteroatoms. The normalized spacial score (nSPS) is 14.3. The zero-order chi connectivity index (χ0) is 61.8. The first-order chi connectivity index (χ1) is 46.6. The van der Waals surface area contributed by atoms with Gasteiger partial charge < -0.3 is 14.0 Å². The van der Waals surface area contributed by atoms with E-state index in [-0.39, 0.29) is 12.0 Å². The van der Waals surface area contributed by atoms with E-state index in [9.17, 15) is 0 Å². The fourth-order valence-electron chi connectivity index (χ4n) is 14.6. The van der Waals surface area contributed by atoms with Crippen molar-refractivity contribution in [3.63, 3.8) is 0 Å². The molecule has 12 aromatic carbocycles. The molecule has 0 spiro atoms. The molecule has 440 valence electrons. The molecule has 1 aliphatic heterocycles. The molecule has 10 nitrogen and oxygen atoms in total. The SMILES string of the molecule is C1=CC2c3ccc4c5ccccc5n(-c5cccc(-c6nc(-c7ccccc7)nc(-c7ccc(-c8cccc(-c9nc(-c%10ccccc%10)nc(-n%10c%11ccccc%11c%11cc%12c(cc%11%10)c%10ccccc%10n%12-c%10ccccc%10)n9)c8)cc7)n6)c5)c4c3N(c3ccccc3)C2C=C1. The summed E-state index contributed by atoms with van der Waals surface area (Å²) in [6.45, 7) is 0. The van der Waals surface area contributed by atoms with Crippen molar-refractivity contribution in [2.45, 2.75) is 12.0 Å². The minimum Gasteiger partial charge on any atom is -0.332 e. The lowest BCUT2D eigenvalue weighted by Gasteiger charge is -2.29. The van der Waals surface area contributed by atoms with Crippen LogP contribution in [0, 0.1) is 0 Å². The zero-order valence-corrected chi connectivity index (χ0v) is 50.6. The van der Waals surface area contributed by atoms with Crippen LogP contribution in [0.15, 0.2) is 315 Å². The maximum absolute atomic E-state index is 5.42. The molecule has 5 aromatic heterocycles. The Hall–Kier alpha value is -12.7. The quantitative estimate of drug-likeness (QED) is 0.135. The Balaban J connectivity index is 0.709. The highest BCUT2D eigenvalue weighted by Gasteiger charge is 2.40. The van der Waals surface area contributed by atoms with Gasteiger partial charge in [0.25, 0.3) is 0 Å². The number of rotatable bonds is 10. The molecule has 0 fully saturated rings. The van der Waals surface area contributed by atoms with Gasteiger partial charge in [0.2, 0.25) is 5.95 Å². The Kier molecular flexibility index (Phi) is 12.2. The minimum absolute atomic E-state index is 0.142. The lowest BCUT2D eigenvalue weighted by molar-refractivity contribution is 0.745. The predicted molar refractivity (Wildman–Crippen MR) is 382 cm³/mol. The summed E-state index contributed by atoms with van der Waals surface area (Å²) in [6, 6.07) is 103. The third-order valence-corrected chi connectivity index (χ3v) is 18.8. The minimum atomic E-state index is 0.142. The molecule has 0 amide bonds. The molecule has 1 aliphatic carbocycles. The number of benzene rings is 12. The second-order valence-corrected chi connectivity index (χ2v) is 24.2. The molecule has 2 unspecified atom stereocenters. The van der Waals surface area contributed by atoms with Crippen LogP contribution in [0.1, 0.15) is 11.5 Å². The van der Waals surface area contributed by atoms with Crippen LogP contribution in [0.25, 0.3) is 151 Å². The van der Waals surface area contributed by atoms with Crippen LogP contribution >= 0.6 is 0 Å². The highest BCUT2D eigenvalue weighted by molar-refractivity contribution is 6.19. The molecular formula is C84H54N10. The molecule has 19 rings (SSSR count). The van der Waals surface area contributed by atoms with Crippen LogP contribution in [0.3, 0.4) is 0 Å². The van der Waals surface area contributed by atoms with Crippen molar-refractivity contribution in [1.29, 1.82) is 0 Å². The molecule has 6 heterocycles. The first-order valence-electron chi connectivity index (χ1n) is 31.8. The number of nitrogens with zero attached hydrogens (tertiary/aromatic N) is 10. The van der Waals surface area contributed by atoms with E-state index in [0.29, 0.717) is 35.1 Å². The summed E-state index contributed by atoms with van der Waals surface area (Å²) < 4.78 is 7.02. The van der Waals surface area contributed by atoms with Gasteiger partial charge in [-0.25, -0.2) is 19.9 Å². The van der Waals surface area contributed by atoms with Crippen molar-refractivity contribution in [3.8, 4) is 85.4 Å².